The first-order chi connectivity index (χ1) is 9.64. The van der Waals surface area contributed by atoms with E-state index in [1.54, 1.807) is 0 Å². The summed E-state index contributed by atoms with van der Waals surface area (Å²) in [6.45, 7) is 1.69. The van der Waals surface area contributed by atoms with Crippen molar-refractivity contribution in [3.63, 3.8) is 0 Å². The molecule has 1 heterocycles. The first-order valence-corrected chi connectivity index (χ1v) is 8.52. The zero-order valence-corrected chi connectivity index (χ0v) is 12.6. The SMILES string of the molecule is CN(CC1CCCO1)C(=O)C12CC3CC(CC(C3)C1)C2. The van der Waals surface area contributed by atoms with E-state index in [1.807, 2.05) is 11.9 Å². The van der Waals surface area contributed by atoms with Crippen LogP contribution in [0.25, 0.3) is 0 Å². The number of nitrogens with zero attached hydrogens (tertiary/aromatic N) is 1. The van der Waals surface area contributed by atoms with Gasteiger partial charge in [-0.2, -0.15) is 0 Å². The number of carbonyl (C=O) groups excluding carboxylic acids is 1. The van der Waals surface area contributed by atoms with E-state index in [2.05, 4.69) is 0 Å². The van der Waals surface area contributed by atoms with Crippen molar-refractivity contribution in [2.45, 2.75) is 57.5 Å². The second kappa shape index (κ2) is 4.72. The number of likely N-dealkylation sites (N-methyl/N-ethyl adjacent to an activating group) is 1. The van der Waals surface area contributed by atoms with Crippen molar-refractivity contribution in [1.82, 2.24) is 4.90 Å². The van der Waals surface area contributed by atoms with E-state index in [0.717, 1.165) is 43.7 Å². The number of carbonyl (C=O) groups is 1. The maximum atomic E-state index is 13.1. The molecule has 1 unspecified atom stereocenters. The highest BCUT2D eigenvalue weighted by Gasteiger charge is 2.55. The van der Waals surface area contributed by atoms with Gasteiger partial charge in [-0.3, -0.25) is 4.79 Å². The second-order valence-corrected chi connectivity index (χ2v) is 8.02. The molecule has 1 saturated heterocycles. The predicted molar refractivity (Wildman–Crippen MR) is 77.2 cm³/mol. The number of amides is 1. The van der Waals surface area contributed by atoms with E-state index in [0.29, 0.717) is 5.91 Å². The van der Waals surface area contributed by atoms with Gasteiger partial charge in [0.15, 0.2) is 0 Å². The zero-order chi connectivity index (χ0) is 13.7. The highest BCUT2D eigenvalue weighted by molar-refractivity contribution is 5.83. The van der Waals surface area contributed by atoms with Crippen molar-refractivity contribution >= 4 is 5.91 Å². The quantitative estimate of drug-likeness (QED) is 0.794. The molecule has 4 bridgehead atoms. The Morgan fingerprint density at radius 3 is 2.25 bits per heavy atom. The topological polar surface area (TPSA) is 29.5 Å². The average Bonchev–Trinajstić information content (AvgIpc) is 2.89. The molecule has 5 fully saturated rings. The summed E-state index contributed by atoms with van der Waals surface area (Å²) in [7, 11) is 2.00. The highest BCUT2D eigenvalue weighted by atomic mass is 16.5. The van der Waals surface area contributed by atoms with Crippen LogP contribution in [0.15, 0.2) is 0 Å². The molecule has 4 saturated carbocycles. The minimum absolute atomic E-state index is 0.0160. The Morgan fingerprint density at radius 1 is 1.15 bits per heavy atom. The van der Waals surface area contributed by atoms with Crippen LogP contribution >= 0.6 is 0 Å². The summed E-state index contributed by atoms with van der Waals surface area (Å²) < 4.78 is 5.70. The van der Waals surface area contributed by atoms with Gasteiger partial charge in [0.2, 0.25) is 5.91 Å². The molecule has 5 rings (SSSR count). The smallest absolute Gasteiger partial charge is 0.228 e. The summed E-state index contributed by atoms with van der Waals surface area (Å²) in [4.78, 5) is 15.1. The molecule has 0 spiro atoms. The molecule has 1 atom stereocenters. The molecule has 0 radical (unpaired) electrons. The maximum Gasteiger partial charge on any atom is 0.228 e. The lowest BCUT2D eigenvalue weighted by Crippen LogP contribution is -2.54. The van der Waals surface area contributed by atoms with Gasteiger partial charge in [0.25, 0.3) is 0 Å². The normalized spacial score (nSPS) is 45.9. The largest absolute Gasteiger partial charge is 0.376 e. The Bertz CT molecular complexity index is 365. The van der Waals surface area contributed by atoms with Crippen molar-refractivity contribution in [3.05, 3.63) is 0 Å². The summed E-state index contributed by atoms with van der Waals surface area (Å²) >= 11 is 0. The van der Waals surface area contributed by atoms with Gasteiger partial charge < -0.3 is 9.64 Å². The van der Waals surface area contributed by atoms with Crippen LogP contribution in [0.3, 0.4) is 0 Å². The van der Waals surface area contributed by atoms with Crippen LogP contribution in [0, 0.1) is 23.2 Å². The third-order valence-electron chi connectivity index (χ3n) is 6.34. The first-order valence-electron chi connectivity index (χ1n) is 8.52. The molecule has 0 aromatic carbocycles. The molecule has 4 aliphatic carbocycles. The third kappa shape index (κ3) is 2.09. The number of hydrogen-bond donors (Lipinski definition) is 0. The lowest BCUT2D eigenvalue weighted by molar-refractivity contribution is -0.157. The Hall–Kier alpha value is -0.570. The number of rotatable bonds is 3. The monoisotopic (exact) mass is 277 g/mol. The maximum absolute atomic E-state index is 13.1. The standard InChI is InChI=1S/C17H27NO2/c1-18(11-15-3-2-4-20-15)16(19)17-8-12-5-13(9-17)7-14(6-12)10-17/h12-15H,2-11H2,1H3. The Kier molecular flexibility index (Phi) is 3.10. The minimum Gasteiger partial charge on any atom is -0.376 e. The van der Waals surface area contributed by atoms with Gasteiger partial charge in [0.05, 0.1) is 11.5 Å². The minimum atomic E-state index is 0.0160. The Balaban J connectivity index is 1.47. The lowest BCUT2D eigenvalue weighted by atomic mass is 9.49. The number of hydrogen-bond acceptors (Lipinski definition) is 2. The summed E-state index contributed by atoms with van der Waals surface area (Å²) in [6, 6.07) is 0. The first kappa shape index (κ1) is 13.1. The molecule has 1 aliphatic heterocycles. The third-order valence-corrected chi connectivity index (χ3v) is 6.34. The zero-order valence-electron chi connectivity index (χ0n) is 12.6. The van der Waals surface area contributed by atoms with Gasteiger partial charge >= 0.3 is 0 Å². The molecule has 0 aromatic heterocycles. The van der Waals surface area contributed by atoms with E-state index < -0.39 is 0 Å². The summed E-state index contributed by atoms with van der Waals surface area (Å²) in [5.41, 5.74) is 0.0160. The van der Waals surface area contributed by atoms with Crippen molar-refractivity contribution in [3.8, 4) is 0 Å². The highest BCUT2D eigenvalue weighted by Crippen LogP contribution is 2.60. The van der Waals surface area contributed by atoms with Gasteiger partial charge in [-0.15, -0.1) is 0 Å². The molecule has 3 nitrogen and oxygen atoms in total. The van der Waals surface area contributed by atoms with Crippen molar-refractivity contribution in [2.75, 3.05) is 20.2 Å². The van der Waals surface area contributed by atoms with Gasteiger partial charge in [-0.1, -0.05) is 0 Å². The van der Waals surface area contributed by atoms with Gasteiger partial charge in [0.1, 0.15) is 0 Å². The van der Waals surface area contributed by atoms with Gasteiger partial charge in [-0.25, -0.2) is 0 Å². The second-order valence-electron chi connectivity index (χ2n) is 8.02. The molecule has 0 aromatic rings. The Morgan fingerprint density at radius 2 is 1.75 bits per heavy atom. The van der Waals surface area contributed by atoms with Crippen LogP contribution < -0.4 is 0 Å². The molecule has 1 amide bonds. The Labute approximate surface area is 122 Å². The molecule has 3 heteroatoms. The lowest BCUT2D eigenvalue weighted by Gasteiger charge is -2.56. The fourth-order valence-corrected chi connectivity index (χ4v) is 5.95. The van der Waals surface area contributed by atoms with Crippen LogP contribution in [0.2, 0.25) is 0 Å². The van der Waals surface area contributed by atoms with E-state index in [-0.39, 0.29) is 11.5 Å². The van der Waals surface area contributed by atoms with Crippen LogP contribution in [0.4, 0.5) is 0 Å². The van der Waals surface area contributed by atoms with E-state index in [9.17, 15) is 4.79 Å². The predicted octanol–water partition coefficient (Wildman–Crippen LogP) is 2.84. The van der Waals surface area contributed by atoms with Crippen LogP contribution in [-0.2, 0) is 9.53 Å². The molecular weight excluding hydrogens is 250 g/mol. The fourth-order valence-electron chi connectivity index (χ4n) is 5.95. The summed E-state index contributed by atoms with van der Waals surface area (Å²) in [6.07, 6.45) is 10.3. The van der Waals surface area contributed by atoms with Gasteiger partial charge in [-0.05, 0) is 69.1 Å². The average molecular weight is 277 g/mol. The van der Waals surface area contributed by atoms with Crippen molar-refractivity contribution < 1.29 is 9.53 Å². The van der Waals surface area contributed by atoms with E-state index in [1.165, 1.54) is 38.5 Å². The van der Waals surface area contributed by atoms with Crippen LogP contribution in [0.1, 0.15) is 51.4 Å². The molecule has 112 valence electrons. The molecule has 5 aliphatic rings. The van der Waals surface area contributed by atoms with Crippen molar-refractivity contribution in [2.24, 2.45) is 23.2 Å². The summed E-state index contributed by atoms with van der Waals surface area (Å²) in [5, 5.41) is 0. The molecule has 0 N–H and O–H groups in total. The van der Waals surface area contributed by atoms with E-state index >= 15 is 0 Å². The van der Waals surface area contributed by atoms with Gasteiger partial charge in [0, 0.05) is 20.2 Å². The molecular formula is C17H27NO2. The van der Waals surface area contributed by atoms with Crippen LogP contribution in [0.5, 0.6) is 0 Å². The van der Waals surface area contributed by atoms with Crippen molar-refractivity contribution in [1.29, 1.82) is 0 Å². The summed E-state index contributed by atoms with van der Waals surface area (Å²) in [5.74, 6) is 2.98. The fraction of sp³-hybridized carbons (Fsp3) is 0.941. The van der Waals surface area contributed by atoms with E-state index in [4.69, 9.17) is 4.74 Å². The number of ether oxygens (including phenoxy) is 1. The molecule has 20 heavy (non-hydrogen) atoms. The van der Waals surface area contributed by atoms with Crippen LogP contribution in [-0.4, -0.2) is 37.1 Å².